The van der Waals surface area contributed by atoms with E-state index in [2.05, 4.69) is 10.4 Å². The molecule has 0 saturated carbocycles. The molecule has 82 valence electrons. The Morgan fingerprint density at radius 1 is 1.53 bits per heavy atom. The summed E-state index contributed by atoms with van der Waals surface area (Å²) in [6.45, 7) is 2.77. The molecule has 1 aromatic carbocycles. The molecule has 0 heterocycles. The second-order valence-corrected chi connectivity index (χ2v) is 3.28. The first-order valence-electron chi connectivity index (χ1n) is 5.00. The Bertz CT molecular complexity index is 336. The molecule has 0 aliphatic rings. The minimum atomic E-state index is -0.237. The van der Waals surface area contributed by atoms with E-state index in [1.807, 2.05) is 13.0 Å². The SMILES string of the molecule is CCCN=C(Cc1cccc(F)c1)NN. The molecule has 4 heteroatoms. The normalized spacial score (nSPS) is 11.5. The number of hydrogen-bond donors (Lipinski definition) is 2. The number of nitrogens with one attached hydrogen (secondary N) is 1. The van der Waals surface area contributed by atoms with Crippen LogP contribution in [0, 0.1) is 5.82 Å². The summed E-state index contributed by atoms with van der Waals surface area (Å²) in [5.41, 5.74) is 3.40. The van der Waals surface area contributed by atoms with Gasteiger partial charge in [-0.15, -0.1) is 0 Å². The molecule has 0 unspecified atom stereocenters. The fourth-order valence-electron chi connectivity index (χ4n) is 1.24. The van der Waals surface area contributed by atoms with Gasteiger partial charge in [-0.1, -0.05) is 19.1 Å². The first-order chi connectivity index (χ1) is 7.26. The maximum Gasteiger partial charge on any atom is 0.123 e. The number of benzene rings is 1. The summed E-state index contributed by atoms with van der Waals surface area (Å²) >= 11 is 0. The summed E-state index contributed by atoms with van der Waals surface area (Å²) in [7, 11) is 0. The van der Waals surface area contributed by atoms with E-state index in [9.17, 15) is 4.39 Å². The standard InChI is InChI=1S/C11H16FN3/c1-2-6-14-11(15-13)8-9-4-3-5-10(12)7-9/h3-5,7H,2,6,8,13H2,1H3,(H,14,15). The smallest absolute Gasteiger partial charge is 0.123 e. The van der Waals surface area contributed by atoms with Crippen molar-refractivity contribution in [2.45, 2.75) is 19.8 Å². The summed E-state index contributed by atoms with van der Waals surface area (Å²) in [5.74, 6) is 5.77. The number of halogens is 1. The highest BCUT2D eigenvalue weighted by Gasteiger charge is 2.00. The largest absolute Gasteiger partial charge is 0.312 e. The van der Waals surface area contributed by atoms with Crippen LogP contribution in [0.2, 0.25) is 0 Å². The number of aliphatic imine (C=N–C) groups is 1. The molecule has 0 amide bonds. The van der Waals surface area contributed by atoms with Crippen molar-refractivity contribution in [3.05, 3.63) is 35.6 Å². The number of rotatable bonds is 4. The lowest BCUT2D eigenvalue weighted by atomic mass is 10.1. The van der Waals surface area contributed by atoms with Crippen LogP contribution in [-0.4, -0.2) is 12.4 Å². The van der Waals surface area contributed by atoms with E-state index < -0.39 is 0 Å². The highest BCUT2D eigenvalue weighted by atomic mass is 19.1. The van der Waals surface area contributed by atoms with Crippen LogP contribution in [0.25, 0.3) is 0 Å². The van der Waals surface area contributed by atoms with Crippen molar-refractivity contribution in [2.24, 2.45) is 10.8 Å². The van der Waals surface area contributed by atoms with Gasteiger partial charge in [-0.05, 0) is 24.1 Å². The third kappa shape index (κ3) is 4.08. The van der Waals surface area contributed by atoms with Crippen LogP contribution in [0.4, 0.5) is 4.39 Å². The lowest BCUT2D eigenvalue weighted by Gasteiger charge is -2.05. The molecule has 0 aromatic heterocycles. The quantitative estimate of drug-likeness (QED) is 0.343. The van der Waals surface area contributed by atoms with Gasteiger partial charge in [0.05, 0.1) is 0 Å². The fourth-order valence-corrected chi connectivity index (χ4v) is 1.24. The van der Waals surface area contributed by atoms with Gasteiger partial charge in [0.15, 0.2) is 0 Å². The second kappa shape index (κ2) is 6.14. The van der Waals surface area contributed by atoms with Crippen LogP contribution < -0.4 is 11.3 Å². The van der Waals surface area contributed by atoms with Gasteiger partial charge in [0.25, 0.3) is 0 Å². The van der Waals surface area contributed by atoms with Crippen molar-refractivity contribution in [1.29, 1.82) is 0 Å². The van der Waals surface area contributed by atoms with Crippen molar-refractivity contribution in [2.75, 3.05) is 6.54 Å². The van der Waals surface area contributed by atoms with E-state index in [0.717, 1.165) is 18.5 Å². The Balaban J connectivity index is 2.66. The predicted octanol–water partition coefficient (Wildman–Crippen LogP) is 1.64. The zero-order chi connectivity index (χ0) is 11.1. The monoisotopic (exact) mass is 209 g/mol. The summed E-state index contributed by atoms with van der Waals surface area (Å²) < 4.78 is 12.9. The average Bonchev–Trinajstić information content (AvgIpc) is 2.24. The van der Waals surface area contributed by atoms with E-state index in [1.54, 1.807) is 6.07 Å². The van der Waals surface area contributed by atoms with Crippen LogP contribution in [0.3, 0.4) is 0 Å². The molecule has 0 radical (unpaired) electrons. The van der Waals surface area contributed by atoms with Gasteiger partial charge in [0.2, 0.25) is 0 Å². The molecule has 0 fully saturated rings. The lowest BCUT2D eigenvalue weighted by Crippen LogP contribution is -2.32. The molecular formula is C11H16FN3. The van der Waals surface area contributed by atoms with Crippen LogP contribution in [0.5, 0.6) is 0 Å². The second-order valence-electron chi connectivity index (χ2n) is 3.28. The van der Waals surface area contributed by atoms with E-state index >= 15 is 0 Å². The van der Waals surface area contributed by atoms with Crippen molar-refractivity contribution >= 4 is 5.84 Å². The maximum absolute atomic E-state index is 12.9. The van der Waals surface area contributed by atoms with Crippen molar-refractivity contribution in [3.63, 3.8) is 0 Å². The predicted molar refractivity (Wildman–Crippen MR) is 60.0 cm³/mol. The topological polar surface area (TPSA) is 50.4 Å². The maximum atomic E-state index is 12.9. The molecule has 1 rings (SSSR count). The van der Waals surface area contributed by atoms with Gasteiger partial charge in [0, 0.05) is 13.0 Å². The Morgan fingerprint density at radius 3 is 2.93 bits per heavy atom. The number of hydrogen-bond acceptors (Lipinski definition) is 2. The van der Waals surface area contributed by atoms with Gasteiger partial charge in [-0.2, -0.15) is 0 Å². The van der Waals surface area contributed by atoms with Gasteiger partial charge in [0.1, 0.15) is 11.7 Å². The highest BCUT2D eigenvalue weighted by molar-refractivity contribution is 5.83. The first-order valence-corrected chi connectivity index (χ1v) is 5.00. The summed E-state index contributed by atoms with van der Waals surface area (Å²) in [4.78, 5) is 4.24. The van der Waals surface area contributed by atoms with Crippen molar-refractivity contribution < 1.29 is 4.39 Å². The van der Waals surface area contributed by atoms with Gasteiger partial charge in [-0.3, -0.25) is 4.99 Å². The molecule has 3 N–H and O–H groups in total. The molecule has 0 bridgehead atoms. The zero-order valence-corrected chi connectivity index (χ0v) is 8.83. The Hall–Kier alpha value is -1.42. The first kappa shape index (κ1) is 11.7. The Labute approximate surface area is 89.2 Å². The van der Waals surface area contributed by atoms with Crippen LogP contribution >= 0.6 is 0 Å². The summed E-state index contributed by atoms with van der Waals surface area (Å²) in [6.07, 6.45) is 1.50. The molecular weight excluding hydrogens is 193 g/mol. The van der Waals surface area contributed by atoms with Crippen LogP contribution in [0.1, 0.15) is 18.9 Å². The summed E-state index contributed by atoms with van der Waals surface area (Å²) in [5, 5.41) is 0. The molecule has 0 saturated heterocycles. The average molecular weight is 209 g/mol. The fraction of sp³-hybridized carbons (Fsp3) is 0.364. The van der Waals surface area contributed by atoms with E-state index in [-0.39, 0.29) is 5.82 Å². The number of nitrogens with two attached hydrogens (primary N) is 1. The molecule has 0 spiro atoms. The summed E-state index contributed by atoms with van der Waals surface area (Å²) in [6, 6.07) is 6.43. The Kier molecular flexibility index (Phi) is 4.77. The molecule has 0 aliphatic carbocycles. The number of nitrogens with zero attached hydrogens (tertiary/aromatic N) is 1. The van der Waals surface area contributed by atoms with Gasteiger partial charge < -0.3 is 5.43 Å². The minimum absolute atomic E-state index is 0.237. The molecule has 0 aliphatic heterocycles. The zero-order valence-electron chi connectivity index (χ0n) is 8.83. The highest BCUT2D eigenvalue weighted by Crippen LogP contribution is 2.04. The van der Waals surface area contributed by atoms with Crippen molar-refractivity contribution in [1.82, 2.24) is 5.43 Å². The number of amidine groups is 1. The Morgan fingerprint density at radius 2 is 2.33 bits per heavy atom. The minimum Gasteiger partial charge on any atom is -0.312 e. The molecule has 15 heavy (non-hydrogen) atoms. The molecule has 0 atom stereocenters. The van der Waals surface area contributed by atoms with Gasteiger partial charge >= 0.3 is 0 Å². The van der Waals surface area contributed by atoms with Crippen LogP contribution in [-0.2, 0) is 6.42 Å². The third-order valence-electron chi connectivity index (χ3n) is 1.95. The number of hydrazine groups is 1. The van der Waals surface area contributed by atoms with E-state index in [0.29, 0.717) is 12.3 Å². The van der Waals surface area contributed by atoms with Crippen LogP contribution in [0.15, 0.2) is 29.3 Å². The van der Waals surface area contributed by atoms with Crippen molar-refractivity contribution in [3.8, 4) is 0 Å². The van der Waals surface area contributed by atoms with Gasteiger partial charge in [-0.25, -0.2) is 10.2 Å². The van der Waals surface area contributed by atoms with E-state index in [1.165, 1.54) is 12.1 Å². The molecule has 1 aromatic rings. The molecule has 3 nitrogen and oxygen atoms in total. The van der Waals surface area contributed by atoms with E-state index in [4.69, 9.17) is 5.84 Å². The lowest BCUT2D eigenvalue weighted by molar-refractivity contribution is 0.626. The third-order valence-corrected chi connectivity index (χ3v) is 1.95.